The van der Waals surface area contributed by atoms with Gasteiger partial charge in [-0.15, -0.1) is 0 Å². The third-order valence-electron chi connectivity index (χ3n) is 4.20. The van der Waals surface area contributed by atoms with Gasteiger partial charge in [-0.2, -0.15) is 0 Å². The fourth-order valence-electron chi connectivity index (χ4n) is 2.92. The van der Waals surface area contributed by atoms with E-state index in [1.807, 2.05) is 35.2 Å². The molecule has 2 aromatic rings. The van der Waals surface area contributed by atoms with Crippen molar-refractivity contribution in [3.8, 4) is 0 Å². The number of carbonyl (C=O) groups excluding carboxylic acids is 1. The van der Waals surface area contributed by atoms with Crippen LogP contribution in [-0.4, -0.2) is 24.0 Å². The number of unbranched alkanes of at least 4 members (excludes halogenated alkanes) is 1. The van der Waals surface area contributed by atoms with Gasteiger partial charge in [0.05, 0.1) is 11.9 Å². The van der Waals surface area contributed by atoms with E-state index in [9.17, 15) is 4.79 Å². The molecule has 1 aliphatic rings. The Balaban J connectivity index is 1.74. The standard InChI is InChI=1S/C19H23N3O/c1-2-3-12-20-16-10-11-17(21-14-16)19(23)22-13-6-8-15-7-4-5-9-18(15)22/h4-5,7,9-11,14,20H,2-3,6,8,12-13H2,1H3. The first-order valence-corrected chi connectivity index (χ1v) is 8.39. The van der Waals surface area contributed by atoms with Gasteiger partial charge in [-0.05, 0) is 43.0 Å². The number of fused-ring (bicyclic) bond motifs is 1. The molecule has 1 amide bonds. The number of benzene rings is 1. The highest BCUT2D eigenvalue weighted by Crippen LogP contribution is 2.27. The number of pyridine rings is 1. The molecule has 2 heterocycles. The maximum atomic E-state index is 12.8. The van der Waals surface area contributed by atoms with Crippen LogP contribution < -0.4 is 10.2 Å². The lowest BCUT2D eigenvalue weighted by Gasteiger charge is -2.29. The number of para-hydroxylation sites is 1. The van der Waals surface area contributed by atoms with Crippen LogP contribution in [0.5, 0.6) is 0 Å². The fourth-order valence-corrected chi connectivity index (χ4v) is 2.92. The Morgan fingerprint density at radius 1 is 1.26 bits per heavy atom. The summed E-state index contributed by atoms with van der Waals surface area (Å²) in [7, 11) is 0. The van der Waals surface area contributed by atoms with Crippen molar-refractivity contribution in [1.82, 2.24) is 4.98 Å². The van der Waals surface area contributed by atoms with Gasteiger partial charge in [0, 0.05) is 18.8 Å². The SMILES string of the molecule is CCCCNc1ccc(C(=O)N2CCCc3ccccc32)nc1. The van der Waals surface area contributed by atoms with Gasteiger partial charge in [0.2, 0.25) is 0 Å². The molecule has 4 heteroatoms. The summed E-state index contributed by atoms with van der Waals surface area (Å²) in [6, 6.07) is 11.9. The lowest BCUT2D eigenvalue weighted by Crippen LogP contribution is -2.35. The van der Waals surface area contributed by atoms with Crippen LogP contribution in [-0.2, 0) is 6.42 Å². The first-order chi connectivity index (χ1) is 11.3. The van der Waals surface area contributed by atoms with Crippen LogP contribution >= 0.6 is 0 Å². The highest BCUT2D eigenvalue weighted by Gasteiger charge is 2.23. The Morgan fingerprint density at radius 3 is 2.91 bits per heavy atom. The van der Waals surface area contributed by atoms with E-state index in [0.717, 1.165) is 50.1 Å². The first kappa shape index (κ1) is 15.5. The lowest BCUT2D eigenvalue weighted by atomic mass is 10.0. The minimum Gasteiger partial charge on any atom is -0.384 e. The Bertz CT molecular complexity index is 667. The minimum atomic E-state index is -0.0164. The van der Waals surface area contributed by atoms with Gasteiger partial charge in [-0.25, -0.2) is 4.98 Å². The minimum absolute atomic E-state index is 0.0164. The van der Waals surface area contributed by atoms with Crippen LogP contribution in [0.15, 0.2) is 42.6 Å². The summed E-state index contributed by atoms with van der Waals surface area (Å²) >= 11 is 0. The van der Waals surface area contributed by atoms with Gasteiger partial charge in [0.1, 0.15) is 5.69 Å². The molecule has 23 heavy (non-hydrogen) atoms. The van der Waals surface area contributed by atoms with E-state index >= 15 is 0 Å². The zero-order valence-electron chi connectivity index (χ0n) is 13.6. The third kappa shape index (κ3) is 3.52. The fraction of sp³-hybridized carbons (Fsp3) is 0.368. The van der Waals surface area contributed by atoms with Gasteiger partial charge < -0.3 is 10.2 Å². The number of nitrogens with one attached hydrogen (secondary N) is 1. The predicted molar refractivity (Wildman–Crippen MR) is 94.1 cm³/mol. The zero-order valence-corrected chi connectivity index (χ0v) is 13.6. The molecule has 1 aromatic carbocycles. The summed E-state index contributed by atoms with van der Waals surface area (Å²) in [6.45, 7) is 3.86. The quantitative estimate of drug-likeness (QED) is 0.852. The maximum Gasteiger partial charge on any atom is 0.276 e. The van der Waals surface area contributed by atoms with E-state index < -0.39 is 0 Å². The second-order valence-corrected chi connectivity index (χ2v) is 5.90. The Hall–Kier alpha value is -2.36. The number of anilines is 2. The van der Waals surface area contributed by atoms with E-state index in [1.54, 1.807) is 6.20 Å². The molecule has 0 aliphatic carbocycles. The molecule has 4 nitrogen and oxygen atoms in total. The second kappa shape index (κ2) is 7.27. The van der Waals surface area contributed by atoms with Crippen molar-refractivity contribution in [2.75, 3.05) is 23.3 Å². The van der Waals surface area contributed by atoms with E-state index in [0.29, 0.717) is 5.69 Å². The summed E-state index contributed by atoms with van der Waals surface area (Å²) in [5, 5.41) is 3.32. The molecule has 0 unspecified atom stereocenters. The van der Waals surface area contributed by atoms with Gasteiger partial charge in [-0.3, -0.25) is 4.79 Å². The molecule has 0 fully saturated rings. The number of aryl methyl sites for hydroxylation is 1. The molecule has 120 valence electrons. The van der Waals surface area contributed by atoms with E-state index in [2.05, 4.69) is 23.3 Å². The molecule has 0 saturated heterocycles. The topological polar surface area (TPSA) is 45.2 Å². The summed E-state index contributed by atoms with van der Waals surface area (Å²) in [5.41, 5.74) is 3.73. The largest absolute Gasteiger partial charge is 0.384 e. The smallest absolute Gasteiger partial charge is 0.276 e. The highest BCUT2D eigenvalue weighted by atomic mass is 16.2. The van der Waals surface area contributed by atoms with Crippen LogP contribution in [0.1, 0.15) is 42.2 Å². The highest BCUT2D eigenvalue weighted by molar-refractivity contribution is 6.05. The normalized spacial score (nSPS) is 13.5. The van der Waals surface area contributed by atoms with Crippen molar-refractivity contribution in [2.45, 2.75) is 32.6 Å². The van der Waals surface area contributed by atoms with Crippen LogP contribution in [0.25, 0.3) is 0 Å². The molecule has 0 radical (unpaired) electrons. The molecule has 3 rings (SSSR count). The molecular formula is C19H23N3O. The Morgan fingerprint density at radius 2 is 2.13 bits per heavy atom. The maximum absolute atomic E-state index is 12.8. The van der Waals surface area contributed by atoms with Gasteiger partial charge in [-0.1, -0.05) is 31.5 Å². The van der Waals surface area contributed by atoms with Crippen molar-refractivity contribution in [3.05, 3.63) is 53.9 Å². The molecule has 1 N–H and O–H groups in total. The Kier molecular flexibility index (Phi) is 4.91. The van der Waals surface area contributed by atoms with Crippen molar-refractivity contribution in [2.24, 2.45) is 0 Å². The zero-order chi connectivity index (χ0) is 16.1. The molecule has 0 bridgehead atoms. The first-order valence-electron chi connectivity index (χ1n) is 8.39. The molecule has 1 aliphatic heterocycles. The van der Waals surface area contributed by atoms with Gasteiger partial charge >= 0.3 is 0 Å². The lowest BCUT2D eigenvalue weighted by molar-refractivity contribution is 0.0980. The molecular weight excluding hydrogens is 286 g/mol. The van der Waals surface area contributed by atoms with Gasteiger partial charge in [0.15, 0.2) is 0 Å². The number of nitrogens with zero attached hydrogens (tertiary/aromatic N) is 2. The average Bonchev–Trinajstić information content (AvgIpc) is 2.61. The number of hydrogen-bond acceptors (Lipinski definition) is 3. The summed E-state index contributed by atoms with van der Waals surface area (Å²) in [5.74, 6) is -0.0164. The van der Waals surface area contributed by atoms with Crippen LogP contribution in [0.3, 0.4) is 0 Å². The Labute approximate surface area is 137 Å². The number of amides is 1. The van der Waals surface area contributed by atoms with Crippen LogP contribution in [0.2, 0.25) is 0 Å². The van der Waals surface area contributed by atoms with E-state index in [-0.39, 0.29) is 5.91 Å². The van der Waals surface area contributed by atoms with Crippen LogP contribution in [0, 0.1) is 0 Å². The van der Waals surface area contributed by atoms with Crippen molar-refractivity contribution in [1.29, 1.82) is 0 Å². The molecule has 0 spiro atoms. The summed E-state index contributed by atoms with van der Waals surface area (Å²) < 4.78 is 0. The number of aromatic nitrogens is 1. The second-order valence-electron chi connectivity index (χ2n) is 5.90. The summed E-state index contributed by atoms with van der Waals surface area (Å²) in [6.07, 6.45) is 6.07. The number of carbonyl (C=O) groups is 1. The van der Waals surface area contributed by atoms with E-state index in [1.165, 1.54) is 5.56 Å². The average molecular weight is 309 g/mol. The number of rotatable bonds is 5. The number of hydrogen-bond donors (Lipinski definition) is 1. The third-order valence-corrected chi connectivity index (χ3v) is 4.20. The van der Waals surface area contributed by atoms with E-state index in [4.69, 9.17) is 0 Å². The molecule has 0 atom stereocenters. The van der Waals surface area contributed by atoms with Crippen molar-refractivity contribution < 1.29 is 4.79 Å². The molecule has 0 saturated carbocycles. The molecule has 1 aromatic heterocycles. The van der Waals surface area contributed by atoms with Gasteiger partial charge in [0.25, 0.3) is 5.91 Å². The predicted octanol–water partition coefficient (Wildman–Crippen LogP) is 3.89. The monoisotopic (exact) mass is 309 g/mol. The van der Waals surface area contributed by atoms with Crippen molar-refractivity contribution in [3.63, 3.8) is 0 Å². The summed E-state index contributed by atoms with van der Waals surface area (Å²) in [4.78, 5) is 19.0. The van der Waals surface area contributed by atoms with Crippen LogP contribution in [0.4, 0.5) is 11.4 Å². The van der Waals surface area contributed by atoms with Crippen molar-refractivity contribution >= 4 is 17.3 Å².